The first-order chi connectivity index (χ1) is 15.3. The van der Waals surface area contributed by atoms with E-state index in [1.165, 1.54) is 22.8 Å². The van der Waals surface area contributed by atoms with Gasteiger partial charge in [-0.15, -0.1) is 13.2 Å². The van der Waals surface area contributed by atoms with E-state index in [2.05, 4.69) is 20.1 Å². The minimum absolute atomic E-state index is 0.356. The lowest BCUT2D eigenvalue weighted by Crippen LogP contribution is -2.19. The highest BCUT2D eigenvalue weighted by atomic mass is 19.4. The molecule has 0 atom stereocenters. The van der Waals surface area contributed by atoms with Crippen LogP contribution >= 0.6 is 0 Å². The third kappa shape index (κ3) is 4.97. The first kappa shape index (κ1) is 21.2. The molecule has 3 aromatic heterocycles. The van der Waals surface area contributed by atoms with Crippen molar-refractivity contribution in [2.75, 3.05) is 5.32 Å². The molecule has 1 N–H and O–H groups in total. The molecule has 10 heteroatoms. The molecule has 0 aliphatic carbocycles. The summed E-state index contributed by atoms with van der Waals surface area (Å²) in [6.45, 7) is 0.404. The zero-order chi connectivity index (χ0) is 22.7. The third-order valence-corrected chi connectivity index (χ3v) is 4.60. The summed E-state index contributed by atoms with van der Waals surface area (Å²) in [5, 5.41) is 7.42. The molecule has 0 fully saturated rings. The number of nitrogens with zero attached hydrogens (tertiary/aromatic N) is 4. The molecule has 0 amide bonds. The van der Waals surface area contributed by atoms with Crippen molar-refractivity contribution in [1.82, 2.24) is 19.3 Å². The van der Waals surface area contributed by atoms with Crippen LogP contribution in [0.2, 0.25) is 0 Å². The van der Waals surface area contributed by atoms with Crippen LogP contribution in [-0.4, -0.2) is 25.7 Å². The first-order valence-corrected chi connectivity index (χ1v) is 9.54. The van der Waals surface area contributed by atoms with Crippen LogP contribution in [0.4, 0.5) is 18.9 Å². The fourth-order valence-electron chi connectivity index (χ4n) is 3.17. The van der Waals surface area contributed by atoms with Crippen molar-refractivity contribution in [2.24, 2.45) is 7.05 Å². The van der Waals surface area contributed by atoms with E-state index in [0.29, 0.717) is 23.5 Å². The van der Waals surface area contributed by atoms with Gasteiger partial charge in [-0.25, -0.2) is 0 Å². The Morgan fingerprint density at radius 1 is 1.09 bits per heavy atom. The molecule has 0 saturated carbocycles. The third-order valence-electron chi connectivity index (χ3n) is 4.60. The van der Waals surface area contributed by atoms with Crippen molar-refractivity contribution in [1.29, 1.82) is 0 Å². The summed E-state index contributed by atoms with van der Waals surface area (Å²) >= 11 is 0. The quantitative estimate of drug-likeness (QED) is 0.487. The van der Waals surface area contributed by atoms with Gasteiger partial charge in [-0.3, -0.25) is 19.0 Å². The van der Waals surface area contributed by atoms with E-state index in [0.717, 1.165) is 23.4 Å². The maximum Gasteiger partial charge on any atom is 0.573 e. The monoisotopic (exact) mass is 441 g/mol. The second kappa shape index (κ2) is 8.58. The molecule has 3 heterocycles. The number of hydrogen-bond donors (Lipinski definition) is 1. The molecular formula is C22H18F3N5O2. The number of hydrogen-bond acceptors (Lipinski definition) is 5. The minimum atomic E-state index is -4.78. The van der Waals surface area contributed by atoms with E-state index in [9.17, 15) is 18.0 Å². The summed E-state index contributed by atoms with van der Waals surface area (Å²) in [6.07, 6.45) is 1.99. The van der Waals surface area contributed by atoms with E-state index < -0.39 is 6.36 Å². The highest BCUT2D eigenvalue weighted by Gasteiger charge is 2.31. The van der Waals surface area contributed by atoms with Gasteiger partial charge in [0.15, 0.2) is 0 Å². The van der Waals surface area contributed by atoms with Crippen LogP contribution in [0, 0.1) is 0 Å². The summed E-state index contributed by atoms with van der Waals surface area (Å²) in [5.74, 6) is -0.365. The van der Waals surface area contributed by atoms with E-state index in [-0.39, 0.29) is 11.3 Å². The van der Waals surface area contributed by atoms with Crippen LogP contribution in [0.5, 0.6) is 5.75 Å². The Kier molecular flexibility index (Phi) is 5.67. The molecule has 164 valence electrons. The zero-order valence-electron chi connectivity index (χ0n) is 16.9. The van der Waals surface area contributed by atoms with Crippen molar-refractivity contribution in [3.05, 3.63) is 89.4 Å². The Bertz CT molecular complexity index is 1270. The van der Waals surface area contributed by atoms with E-state index >= 15 is 0 Å². The number of anilines is 1. The van der Waals surface area contributed by atoms with Gasteiger partial charge in [0, 0.05) is 54.2 Å². The van der Waals surface area contributed by atoms with Gasteiger partial charge in [-0.2, -0.15) is 5.10 Å². The molecule has 0 bridgehead atoms. The maximum atomic E-state index is 12.8. The molecule has 0 spiro atoms. The second-order valence-corrected chi connectivity index (χ2v) is 6.93. The lowest BCUT2D eigenvalue weighted by Gasteiger charge is -2.15. The molecule has 0 saturated heterocycles. The van der Waals surface area contributed by atoms with Crippen LogP contribution in [0.15, 0.2) is 78.1 Å². The number of benzene rings is 1. The van der Waals surface area contributed by atoms with Gasteiger partial charge >= 0.3 is 6.36 Å². The molecule has 0 radical (unpaired) electrons. The predicted octanol–water partition coefficient (Wildman–Crippen LogP) is 4.14. The highest BCUT2D eigenvalue weighted by molar-refractivity contribution is 5.76. The first-order valence-electron chi connectivity index (χ1n) is 9.54. The number of pyridine rings is 2. The number of nitrogens with one attached hydrogen (secondary N) is 1. The van der Waals surface area contributed by atoms with Gasteiger partial charge in [0.25, 0.3) is 5.56 Å². The number of aromatic nitrogens is 4. The molecule has 7 nitrogen and oxygen atoms in total. The normalized spacial score (nSPS) is 11.4. The van der Waals surface area contributed by atoms with Crippen molar-refractivity contribution in [3.63, 3.8) is 0 Å². The van der Waals surface area contributed by atoms with Crippen LogP contribution < -0.4 is 15.6 Å². The van der Waals surface area contributed by atoms with Gasteiger partial charge in [-0.1, -0.05) is 6.07 Å². The van der Waals surface area contributed by atoms with Crippen molar-refractivity contribution < 1.29 is 17.9 Å². The van der Waals surface area contributed by atoms with Gasteiger partial charge in [0.05, 0.1) is 18.4 Å². The molecule has 0 aliphatic rings. The number of alkyl halides is 3. The van der Waals surface area contributed by atoms with Crippen molar-refractivity contribution >= 4 is 5.69 Å². The maximum absolute atomic E-state index is 12.8. The number of aryl methyl sites for hydroxylation is 1. The lowest BCUT2D eigenvalue weighted by molar-refractivity contribution is -0.274. The molecule has 0 aliphatic heterocycles. The Labute approximate surface area is 180 Å². The molecule has 0 unspecified atom stereocenters. The number of ether oxygens (including phenoxy) is 1. The smallest absolute Gasteiger partial charge is 0.406 e. The minimum Gasteiger partial charge on any atom is -0.406 e. The Hall–Kier alpha value is -4.08. The molecule has 32 heavy (non-hydrogen) atoms. The van der Waals surface area contributed by atoms with Crippen LogP contribution in [-0.2, 0) is 13.6 Å². The zero-order valence-corrected chi connectivity index (χ0v) is 16.9. The predicted molar refractivity (Wildman–Crippen MR) is 112 cm³/mol. The molecule has 4 rings (SSSR count). The van der Waals surface area contributed by atoms with Crippen LogP contribution in [0.3, 0.4) is 0 Å². The van der Waals surface area contributed by atoms with Crippen LogP contribution in [0.25, 0.3) is 16.8 Å². The van der Waals surface area contributed by atoms with Gasteiger partial charge < -0.3 is 10.1 Å². The topological polar surface area (TPSA) is 74.0 Å². The summed E-state index contributed by atoms with van der Waals surface area (Å²) < 4.78 is 44.1. The average molecular weight is 441 g/mol. The van der Waals surface area contributed by atoms with Gasteiger partial charge in [-0.05, 0) is 36.4 Å². The van der Waals surface area contributed by atoms with Gasteiger partial charge in [0.1, 0.15) is 5.75 Å². The molecule has 1 aromatic carbocycles. The lowest BCUT2D eigenvalue weighted by atomic mass is 10.1. The number of rotatable bonds is 6. The Balaban J connectivity index is 1.70. The Morgan fingerprint density at radius 3 is 2.50 bits per heavy atom. The molecular weight excluding hydrogens is 423 g/mol. The van der Waals surface area contributed by atoms with Crippen LogP contribution in [0.1, 0.15) is 5.69 Å². The SMILES string of the molecule is Cn1cc(-c2cn(-c3ccc(OC(F)(F)F)cc3)c(=O)cc2NCc2ccccn2)cn1. The fourth-order valence-corrected chi connectivity index (χ4v) is 3.17. The second-order valence-electron chi connectivity index (χ2n) is 6.93. The van der Waals surface area contributed by atoms with E-state index in [1.54, 1.807) is 36.5 Å². The average Bonchev–Trinajstić information content (AvgIpc) is 3.19. The summed E-state index contributed by atoms with van der Waals surface area (Å²) in [6, 6.07) is 12.1. The summed E-state index contributed by atoms with van der Waals surface area (Å²) in [4.78, 5) is 17.1. The van der Waals surface area contributed by atoms with Crippen molar-refractivity contribution in [3.8, 4) is 22.6 Å². The largest absolute Gasteiger partial charge is 0.573 e. The highest BCUT2D eigenvalue weighted by Crippen LogP contribution is 2.28. The van der Waals surface area contributed by atoms with E-state index in [4.69, 9.17) is 0 Å². The van der Waals surface area contributed by atoms with Gasteiger partial charge in [0.2, 0.25) is 0 Å². The van der Waals surface area contributed by atoms with E-state index in [1.807, 2.05) is 18.2 Å². The summed E-state index contributed by atoms with van der Waals surface area (Å²) in [5.41, 5.74) is 2.89. The summed E-state index contributed by atoms with van der Waals surface area (Å²) in [7, 11) is 1.78. The standard InChI is InChI=1S/C22H18F3N5O2/c1-29-13-15(11-28-29)19-14-30(17-5-7-18(8-6-17)32-22(23,24)25)21(31)10-20(19)27-12-16-4-2-3-9-26-16/h2-11,13-14,27H,12H2,1H3. The molecule has 4 aromatic rings. The fraction of sp³-hybridized carbons (Fsp3) is 0.136. The van der Waals surface area contributed by atoms with Crippen molar-refractivity contribution in [2.45, 2.75) is 12.9 Å². The number of halogens is 3. The Morgan fingerprint density at radius 2 is 1.88 bits per heavy atom.